The number of pyridine rings is 1. The zero-order valence-electron chi connectivity index (χ0n) is 17.7. The zero-order chi connectivity index (χ0) is 23.6. The van der Waals surface area contributed by atoms with Crippen LogP contribution in [0.4, 0.5) is 11.4 Å². The van der Waals surface area contributed by atoms with Gasteiger partial charge in [0, 0.05) is 40.9 Å². The maximum atomic E-state index is 12.8. The van der Waals surface area contributed by atoms with Crippen molar-refractivity contribution in [3.05, 3.63) is 63.4 Å². The van der Waals surface area contributed by atoms with Crippen LogP contribution in [0, 0.1) is 0 Å². The van der Waals surface area contributed by atoms with Crippen LogP contribution < -0.4 is 10.0 Å². The lowest BCUT2D eigenvalue weighted by atomic mass is 10.0. The maximum absolute atomic E-state index is 12.8. The zero-order valence-corrected chi connectivity index (χ0v) is 20.1. The van der Waals surface area contributed by atoms with Gasteiger partial charge in [-0.25, -0.2) is 8.42 Å². The molecule has 1 fully saturated rings. The van der Waals surface area contributed by atoms with E-state index in [1.165, 1.54) is 29.5 Å². The minimum atomic E-state index is -3.49. The number of carbonyl (C=O) groups is 2. The Balaban J connectivity index is 1.51. The monoisotopic (exact) mass is 504 g/mol. The van der Waals surface area contributed by atoms with Gasteiger partial charge in [-0.2, -0.15) is 0 Å². The molecule has 0 bridgehead atoms. The molecule has 2 amide bonds. The van der Waals surface area contributed by atoms with Crippen LogP contribution in [0.5, 0.6) is 0 Å². The second kappa shape index (κ2) is 9.50. The molecule has 1 aliphatic heterocycles. The van der Waals surface area contributed by atoms with E-state index in [0.29, 0.717) is 16.3 Å². The van der Waals surface area contributed by atoms with Gasteiger partial charge in [-0.1, -0.05) is 17.7 Å². The number of carbonyl (C=O) groups excluding carboxylic acids is 2. The smallest absolute Gasteiger partial charge is 0.265 e. The number of aromatic nitrogens is 1. The average molecular weight is 505 g/mol. The summed E-state index contributed by atoms with van der Waals surface area (Å²) in [6.45, 7) is 1.59. The molecule has 0 spiro atoms. The summed E-state index contributed by atoms with van der Waals surface area (Å²) in [6, 6.07) is 9.85. The Hall–Kier alpha value is -2.95. The Morgan fingerprint density at radius 2 is 1.94 bits per heavy atom. The second-order valence-electron chi connectivity index (χ2n) is 7.68. The summed E-state index contributed by atoms with van der Waals surface area (Å²) in [4.78, 5) is 31.9. The van der Waals surface area contributed by atoms with Crippen molar-refractivity contribution in [2.24, 2.45) is 0 Å². The van der Waals surface area contributed by atoms with Crippen LogP contribution in [0.1, 0.15) is 21.7 Å². The van der Waals surface area contributed by atoms with Crippen LogP contribution in [0.25, 0.3) is 11.3 Å². The lowest BCUT2D eigenvalue weighted by Crippen LogP contribution is -2.42. The highest BCUT2D eigenvalue weighted by molar-refractivity contribution is 7.92. The third kappa shape index (κ3) is 5.89. The summed E-state index contributed by atoms with van der Waals surface area (Å²) in [5.74, 6) is -0.295. The average Bonchev–Trinajstić information content (AvgIpc) is 3.15. The molecule has 0 radical (unpaired) electrons. The fourth-order valence-corrected chi connectivity index (χ4v) is 4.96. The highest BCUT2D eigenvalue weighted by atomic mass is 35.5. The summed E-state index contributed by atoms with van der Waals surface area (Å²) in [6.07, 6.45) is 3.99. The number of sulfonamides is 1. The fraction of sp³-hybridized carbons (Fsp3) is 0.227. The van der Waals surface area contributed by atoms with Crippen LogP contribution in [0.15, 0.2) is 48.0 Å². The number of halogens is 1. The first-order valence-electron chi connectivity index (χ1n) is 10.1. The van der Waals surface area contributed by atoms with Gasteiger partial charge in [0.05, 0.1) is 28.9 Å². The highest BCUT2D eigenvalue weighted by Gasteiger charge is 2.22. The molecule has 4 rings (SSSR count). The largest absolute Gasteiger partial charge is 0.342 e. The van der Waals surface area contributed by atoms with E-state index < -0.39 is 10.0 Å². The quantitative estimate of drug-likeness (QED) is 0.508. The second-order valence-corrected chi connectivity index (χ2v) is 10.8. The van der Waals surface area contributed by atoms with Crippen LogP contribution in [0.3, 0.4) is 0 Å². The number of anilines is 2. The molecule has 8 nitrogen and oxygen atoms in total. The Morgan fingerprint density at radius 1 is 1.18 bits per heavy atom. The van der Waals surface area contributed by atoms with Gasteiger partial charge >= 0.3 is 0 Å². The van der Waals surface area contributed by atoms with E-state index >= 15 is 0 Å². The van der Waals surface area contributed by atoms with Crippen molar-refractivity contribution in [2.75, 3.05) is 29.4 Å². The van der Waals surface area contributed by atoms with Crippen molar-refractivity contribution in [3.8, 4) is 11.3 Å². The van der Waals surface area contributed by atoms with Gasteiger partial charge in [0.25, 0.3) is 5.91 Å². The van der Waals surface area contributed by atoms with Crippen molar-refractivity contribution in [2.45, 2.75) is 12.8 Å². The lowest BCUT2D eigenvalue weighted by molar-refractivity contribution is -0.133. The predicted molar refractivity (Wildman–Crippen MR) is 130 cm³/mol. The summed E-state index contributed by atoms with van der Waals surface area (Å²) in [7, 11) is -3.49. The van der Waals surface area contributed by atoms with E-state index in [2.05, 4.69) is 15.0 Å². The molecule has 2 aromatic heterocycles. The van der Waals surface area contributed by atoms with E-state index in [-0.39, 0.29) is 28.9 Å². The molecular weight excluding hydrogens is 484 g/mol. The van der Waals surface area contributed by atoms with Gasteiger partial charge in [0.15, 0.2) is 0 Å². The Bertz CT molecular complexity index is 1320. The van der Waals surface area contributed by atoms with Crippen LogP contribution in [-0.2, 0) is 21.2 Å². The van der Waals surface area contributed by atoms with Gasteiger partial charge in [-0.05, 0) is 42.3 Å². The first-order chi connectivity index (χ1) is 15.7. The molecule has 1 aromatic carbocycles. The fourth-order valence-electron chi connectivity index (χ4n) is 3.39. The molecule has 0 atom stereocenters. The molecule has 0 unspecified atom stereocenters. The van der Waals surface area contributed by atoms with Gasteiger partial charge in [0.1, 0.15) is 0 Å². The summed E-state index contributed by atoms with van der Waals surface area (Å²) < 4.78 is 25.3. The molecule has 1 aliphatic rings. The topological polar surface area (TPSA) is 108 Å². The molecular formula is C22H21ClN4O4S2. The Labute approximate surface area is 200 Å². The number of likely N-dealkylation sites (tertiary alicyclic amines) is 1. The number of rotatable bonds is 7. The van der Waals surface area contributed by atoms with E-state index in [1.54, 1.807) is 18.3 Å². The molecule has 0 saturated carbocycles. The standard InChI is InChI=1S/C22H21ClN4O4S2/c1-33(30,31)26-18-11-16(23)10-17(12-18)25-22(29)19-8-15(13-32-19)21-14(4-2-5-24-21)9-20(28)27-6-3-7-27/h2,4-5,8,10-13,26H,3,6-7,9H2,1H3,(H,25,29). The number of benzene rings is 1. The molecule has 33 heavy (non-hydrogen) atoms. The SMILES string of the molecule is CS(=O)(=O)Nc1cc(Cl)cc(NC(=O)c2cc(-c3ncccc3CC(=O)N3CCC3)cs2)c1. The van der Waals surface area contributed by atoms with Gasteiger partial charge in [0.2, 0.25) is 15.9 Å². The molecule has 172 valence electrons. The van der Waals surface area contributed by atoms with E-state index in [1.807, 2.05) is 16.3 Å². The number of nitrogens with zero attached hydrogens (tertiary/aromatic N) is 2. The third-order valence-corrected chi connectivity index (χ3v) is 6.75. The first kappa shape index (κ1) is 23.2. The molecule has 11 heteroatoms. The summed E-state index contributed by atoms with van der Waals surface area (Å²) >= 11 is 7.31. The minimum Gasteiger partial charge on any atom is -0.342 e. The van der Waals surface area contributed by atoms with Gasteiger partial charge in [-0.3, -0.25) is 19.3 Å². The van der Waals surface area contributed by atoms with Crippen molar-refractivity contribution in [1.82, 2.24) is 9.88 Å². The Morgan fingerprint density at radius 3 is 2.64 bits per heavy atom. The van der Waals surface area contributed by atoms with E-state index in [4.69, 9.17) is 11.6 Å². The van der Waals surface area contributed by atoms with Crippen molar-refractivity contribution in [3.63, 3.8) is 0 Å². The number of amides is 2. The molecule has 0 aliphatic carbocycles. The van der Waals surface area contributed by atoms with Crippen molar-refractivity contribution >= 4 is 56.2 Å². The Kier molecular flexibility index (Phi) is 6.68. The summed E-state index contributed by atoms with van der Waals surface area (Å²) in [5.41, 5.74) is 2.83. The summed E-state index contributed by atoms with van der Waals surface area (Å²) in [5, 5.41) is 4.83. The van der Waals surface area contributed by atoms with E-state index in [9.17, 15) is 18.0 Å². The minimum absolute atomic E-state index is 0.0724. The highest BCUT2D eigenvalue weighted by Crippen LogP contribution is 2.29. The molecule has 3 heterocycles. The van der Waals surface area contributed by atoms with Crippen LogP contribution in [0.2, 0.25) is 5.02 Å². The number of hydrogen-bond donors (Lipinski definition) is 2. The van der Waals surface area contributed by atoms with Gasteiger partial charge < -0.3 is 10.2 Å². The van der Waals surface area contributed by atoms with E-state index in [0.717, 1.165) is 36.9 Å². The van der Waals surface area contributed by atoms with Crippen LogP contribution in [-0.4, -0.2) is 49.5 Å². The van der Waals surface area contributed by atoms with Crippen molar-refractivity contribution in [1.29, 1.82) is 0 Å². The normalized spacial score (nSPS) is 13.3. The maximum Gasteiger partial charge on any atom is 0.265 e. The molecule has 2 N–H and O–H groups in total. The number of nitrogens with one attached hydrogen (secondary N) is 2. The van der Waals surface area contributed by atoms with Gasteiger partial charge in [-0.15, -0.1) is 11.3 Å². The molecule has 3 aromatic rings. The number of thiophene rings is 1. The predicted octanol–water partition coefficient (Wildman–Crippen LogP) is 3.86. The molecule has 1 saturated heterocycles. The van der Waals surface area contributed by atoms with Crippen molar-refractivity contribution < 1.29 is 18.0 Å². The third-order valence-electron chi connectivity index (χ3n) is 5.00. The lowest BCUT2D eigenvalue weighted by Gasteiger charge is -2.31. The van der Waals surface area contributed by atoms with Crippen LogP contribution >= 0.6 is 22.9 Å². The number of hydrogen-bond acceptors (Lipinski definition) is 6. The first-order valence-corrected chi connectivity index (χ1v) is 13.2.